The number of hydrogen-bond donors (Lipinski definition) is 1. The van der Waals surface area contributed by atoms with E-state index in [2.05, 4.69) is 9.97 Å². The van der Waals surface area contributed by atoms with Crippen molar-refractivity contribution >= 4 is 44.9 Å². The number of nitrogens with zero attached hydrogens (tertiary/aromatic N) is 3. The molecule has 2 aromatic heterocycles. The zero-order chi connectivity index (χ0) is 17.0. The Morgan fingerprint density at radius 3 is 2.74 bits per heavy atom. The van der Waals surface area contributed by atoms with Gasteiger partial charge in [-0.3, -0.25) is 0 Å². The maximum absolute atomic E-state index is 12.2. The number of anilines is 1. The lowest BCUT2D eigenvalue weighted by Gasteiger charge is -2.21. The van der Waals surface area contributed by atoms with Crippen molar-refractivity contribution in [3.8, 4) is 0 Å². The molecule has 0 atom stereocenters. The van der Waals surface area contributed by atoms with Crippen molar-refractivity contribution in [3.63, 3.8) is 0 Å². The Balaban J connectivity index is 2.56. The number of rotatable bonds is 7. The van der Waals surface area contributed by atoms with Crippen molar-refractivity contribution in [2.24, 2.45) is 0 Å². The monoisotopic (exact) mass is 357 g/mol. The average molecular weight is 358 g/mol. The number of hydrogen-bond acceptors (Lipinski definition) is 7. The quantitative estimate of drug-likeness (QED) is 0.606. The minimum atomic E-state index is -0.348. The van der Waals surface area contributed by atoms with E-state index in [0.717, 1.165) is 17.4 Å². The first-order chi connectivity index (χ1) is 11.0. The highest BCUT2D eigenvalue weighted by atomic mass is 35.5. The summed E-state index contributed by atoms with van der Waals surface area (Å²) in [6.45, 7) is 7.26. The van der Waals surface area contributed by atoms with Crippen LogP contribution in [0.5, 0.6) is 0 Å². The third kappa shape index (κ3) is 3.73. The molecule has 0 aliphatic carbocycles. The summed E-state index contributed by atoms with van der Waals surface area (Å²) in [5.74, 6) is 0.291. The van der Waals surface area contributed by atoms with E-state index in [1.807, 2.05) is 25.7 Å². The Kier molecular flexibility index (Phi) is 6.15. The minimum Gasteiger partial charge on any atom is -0.462 e. The van der Waals surface area contributed by atoms with Crippen LogP contribution in [0.3, 0.4) is 0 Å². The maximum Gasteiger partial charge on any atom is 0.348 e. The molecule has 0 saturated carbocycles. The number of aromatic nitrogens is 2. The Morgan fingerprint density at radius 1 is 1.39 bits per heavy atom. The molecule has 0 fully saturated rings. The van der Waals surface area contributed by atoms with Gasteiger partial charge in [0.2, 0.25) is 5.28 Å². The lowest BCUT2D eigenvalue weighted by molar-refractivity contribution is 0.0510. The van der Waals surface area contributed by atoms with Crippen LogP contribution in [0, 0.1) is 6.92 Å². The summed E-state index contributed by atoms with van der Waals surface area (Å²) in [5, 5.41) is 10.2. The molecule has 0 aliphatic heterocycles. The van der Waals surface area contributed by atoms with Crippen molar-refractivity contribution in [2.75, 3.05) is 31.2 Å². The number of esters is 1. The summed E-state index contributed by atoms with van der Waals surface area (Å²) in [7, 11) is 0. The molecule has 0 aromatic carbocycles. The summed E-state index contributed by atoms with van der Waals surface area (Å²) in [4.78, 5) is 23.8. The number of carbonyl (C=O) groups excluding carboxylic acids is 1. The number of fused-ring (bicyclic) bond motifs is 1. The van der Waals surface area contributed by atoms with E-state index in [0.29, 0.717) is 35.2 Å². The molecule has 0 aliphatic rings. The van der Waals surface area contributed by atoms with Gasteiger partial charge in [0.25, 0.3) is 0 Å². The van der Waals surface area contributed by atoms with Crippen molar-refractivity contribution in [1.82, 2.24) is 9.97 Å². The van der Waals surface area contributed by atoms with Gasteiger partial charge in [-0.1, -0.05) is 6.92 Å². The van der Waals surface area contributed by atoms with Crippen molar-refractivity contribution in [3.05, 3.63) is 15.7 Å². The lowest BCUT2D eigenvalue weighted by Crippen LogP contribution is -2.27. The number of carbonyl (C=O) groups is 1. The van der Waals surface area contributed by atoms with Crippen LogP contribution in [0.2, 0.25) is 5.28 Å². The fraction of sp³-hybridized carbons (Fsp3) is 0.533. The van der Waals surface area contributed by atoms with Gasteiger partial charge in [0.1, 0.15) is 15.5 Å². The van der Waals surface area contributed by atoms with E-state index >= 15 is 0 Å². The second kappa shape index (κ2) is 7.90. The molecule has 0 saturated heterocycles. The third-order valence-corrected chi connectivity index (χ3v) is 4.75. The predicted molar refractivity (Wildman–Crippen MR) is 92.7 cm³/mol. The van der Waals surface area contributed by atoms with E-state index in [-0.39, 0.29) is 17.9 Å². The molecule has 0 unspecified atom stereocenters. The molecule has 0 amide bonds. The Bertz CT molecular complexity index is 705. The molecule has 0 radical (unpaired) electrons. The number of likely N-dealkylation sites (N-methyl/N-ethyl adjacent to an activating group) is 1. The van der Waals surface area contributed by atoms with Crippen LogP contribution in [-0.4, -0.2) is 47.3 Å². The molecule has 126 valence electrons. The van der Waals surface area contributed by atoms with Gasteiger partial charge in [0.05, 0.1) is 18.6 Å². The number of halogens is 1. The highest BCUT2D eigenvalue weighted by Crippen LogP contribution is 2.36. The van der Waals surface area contributed by atoms with Gasteiger partial charge in [-0.15, -0.1) is 11.3 Å². The van der Waals surface area contributed by atoms with Crippen LogP contribution >= 0.6 is 22.9 Å². The summed E-state index contributed by atoms with van der Waals surface area (Å²) in [5.41, 5.74) is 0.786. The fourth-order valence-corrected chi connectivity index (χ4v) is 3.59. The minimum absolute atomic E-state index is 0.00549. The molecule has 2 rings (SSSR count). The number of ether oxygens (including phenoxy) is 1. The smallest absolute Gasteiger partial charge is 0.348 e. The van der Waals surface area contributed by atoms with E-state index in [1.54, 1.807) is 0 Å². The standard InChI is InChI=1S/C15H20ClN3O3S/c1-4-8-22-14(21)11-9(3)10-12(19(5-2)6-7-20)17-15(16)18-13(10)23-11/h20H,4-8H2,1-3H3. The van der Waals surface area contributed by atoms with Crippen LogP contribution in [0.25, 0.3) is 10.2 Å². The third-order valence-electron chi connectivity index (χ3n) is 3.42. The van der Waals surface area contributed by atoms with E-state index in [1.165, 1.54) is 11.3 Å². The van der Waals surface area contributed by atoms with Crippen LogP contribution in [0.1, 0.15) is 35.5 Å². The van der Waals surface area contributed by atoms with Crippen LogP contribution in [0.15, 0.2) is 0 Å². The van der Waals surface area contributed by atoms with E-state index in [4.69, 9.17) is 16.3 Å². The SMILES string of the molecule is CCCOC(=O)c1sc2nc(Cl)nc(N(CC)CCO)c2c1C. The largest absolute Gasteiger partial charge is 0.462 e. The van der Waals surface area contributed by atoms with Gasteiger partial charge in [0.15, 0.2) is 0 Å². The van der Waals surface area contributed by atoms with Gasteiger partial charge >= 0.3 is 5.97 Å². The van der Waals surface area contributed by atoms with Gasteiger partial charge in [-0.2, -0.15) is 4.98 Å². The number of aliphatic hydroxyl groups is 1. The molecule has 0 spiro atoms. The van der Waals surface area contributed by atoms with Crippen molar-refractivity contribution in [1.29, 1.82) is 0 Å². The van der Waals surface area contributed by atoms with Crippen molar-refractivity contribution in [2.45, 2.75) is 27.2 Å². The van der Waals surface area contributed by atoms with E-state index < -0.39 is 0 Å². The molecule has 8 heteroatoms. The fourth-order valence-electron chi connectivity index (χ4n) is 2.31. The average Bonchev–Trinajstić information content (AvgIpc) is 2.86. The maximum atomic E-state index is 12.2. The zero-order valence-corrected chi connectivity index (χ0v) is 15.0. The molecule has 0 bridgehead atoms. The molecule has 1 N–H and O–H groups in total. The Hall–Kier alpha value is -1.44. The first-order valence-corrected chi connectivity index (χ1v) is 8.72. The second-order valence-corrected chi connectivity index (χ2v) is 6.33. The van der Waals surface area contributed by atoms with Gasteiger partial charge < -0.3 is 14.7 Å². The van der Waals surface area contributed by atoms with Crippen LogP contribution in [-0.2, 0) is 4.74 Å². The lowest BCUT2D eigenvalue weighted by atomic mass is 10.2. The first-order valence-electron chi connectivity index (χ1n) is 7.53. The Labute approximate surface area is 144 Å². The summed E-state index contributed by atoms with van der Waals surface area (Å²) < 4.78 is 5.23. The van der Waals surface area contributed by atoms with Gasteiger partial charge in [0, 0.05) is 13.1 Å². The van der Waals surface area contributed by atoms with Gasteiger partial charge in [-0.05, 0) is 37.4 Å². The van der Waals surface area contributed by atoms with E-state index in [9.17, 15) is 9.90 Å². The molecule has 2 heterocycles. The van der Waals surface area contributed by atoms with Crippen LogP contribution in [0.4, 0.5) is 5.82 Å². The number of aliphatic hydroxyl groups excluding tert-OH is 1. The topological polar surface area (TPSA) is 75.5 Å². The predicted octanol–water partition coefficient (Wildman–Crippen LogP) is 3.04. The normalized spacial score (nSPS) is 11.0. The highest BCUT2D eigenvalue weighted by molar-refractivity contribution is 7.20. The molecule has 23 heavy (non-hydrogen) atoms. The molecule has 2 aromatic rings. The summed E-state index contributed by atoms with van der Waals surface area (Å²) in [6, 6.07) is 0. The first kappa shape index (κ1) is 17.9. The highest BCUT2D eigenvalue weighted by Gasteiger charge is 2.23. The van der Waals surface area contributed by atoms with Gasteiger partial charge in [-0.25, -0.2) is 9.78 Å². The summed E-state index contributed by atoms with van der Waals surface area (Å²) in [6.07, 6.45) is 0.771. The number of thiophene rings is 1. The number of aryl methyl sites for hydroxylation is 1. The second-order valence-electron chi connectivity index (χ2n) is 4.99. The summed E-state index contributed by atoms with van der Waals surface area (Å²) >= 11 is 7.29. The molecular weight excluding hydrogens is 338 g/mol. The molecular formula is C15H20ClN3O3S. The van der Waals surface area contributed by atoms with Crippen LogP contribution < -0.4 is 4.90 Å². The Morgan fingerprint density at radius 2 is 2.13 bits per heavy atom. The molecule has 6 nitrogen and oxygen atoms in total. The van der Waals surface area contributed by atoms with Crippen molar-refractivity contribution < 1.29 is 14.6 Å². The zero-order valence-electron chi connectivity index (χ0n) is 13.4.